The highest BCUT2D eigenvalue weighted by Crippen LogP contribution is 2.18. The first kappa shape index (κ1) is 17.4. The van der Waals surface area contributed by atoms with Crippen molar-refractivity contribution in [1.29, 1.82) is 0 Å². The summed E-state index contributed by atoms with van der Waals surface area (Å²) in [4.78, 5) is 15.6. The number of benzene rings is 2. The van der Waals surface area contributed by atoms with E-state index in [1.807, 2.05) is 43.3 Å². The van der Waals surface area contributed by atoms with Gasteiger partial charge in [-0.25, -0.2) is 4.39 Å². The highest BCUT2D eigenvalue weighted by molar-refractivity contribution is 5.90. The zero-order valence-electron chi connectivity index (χ0n) is 14.6. The van der Waals surface area contributed by atoms with E-state index in [0.717, 1.165) is 38.4 Å². The molecule has 132 valence electrons. The second kappa shape index (κ2) is 8.12. The molecular formula is C20H25FN3O+. The second-order valence-electron chi connectivity index (χ2n) is 6.60. The van der Waals surface area contributed by atoms with Gasteiger partial charge < -0.3 is 15.1 Å². The molecule has 0 aromatic heterocycles. The molecule has 1 aliphatic heterocycles. The first-order valence-corrected chi connectivity index (χ1v) is 8.81. The van der Waals surface area contributed by atoms with Gasteiger partial charge in [0, 0.05) is 5.69 Å². The van der Waals surface area contributed by atoms with E-state index in [1.165, 1.54) is 16.5 Å². The fourth-order valence-corrected chi connectivity index (χ4v) is 3.17. The lowest BCUT2D eigenvalue weighted by Crippen LogP contribution is -3.15. The van der Waals surface area contributed by atoms with E-state index in [1.54, 1.807) is 6.07 Å². The molecule has 1 heterocycles. The number of carbonyl (C=O) groups excluding carboxylic acids is 1. The van der Waals surface area contributed by atoms with E-state index in [9.17, 15) is 9.18 Å². The zero-order valence-corrected chi connectivity index (χ0v) is 14.6. The van der Waals surface area contributed by atoms with Crippen molar-refractivity contribution in [2.24, 2.45) is 0 Å². The van der Waals surface area contributed by atoms with Gasteiger partial charge in [0.25, 0.3) is 0 Å². The van der Waals surface area contributed by atoms with Crippen LogP contribution in [-0.4, -0.2) is 38.6 Å². The van der Waals surface area contributed by atoms with Gasteiger partial charge in [0.15, 0.2) is 0 Å². The standard InChI is InChI=1S/C20H24FN3O/c1-16-6-8-17(9-7-16)22-20(25)10-11-23-12-14-24(15-13-23)19-5-3-2-4-18(19)21/h2-9H,10-15H2,1H3,(H,22,25)/p+1. The summed E-state index contributed by atoms with van der Waals surface area (Å²) in [6.45, 7) is 6.31. The van der Waals surface area contributed by atoms with E-state index in [4.69, 9.17) is 0 Å². The predicted octanol–water partition coefficient (Wildman–Crippen LogP) is 1.87. The van der Waals surface area contributed by atoms with Crippen LogP contribution in [0.25, 0.3) is 0 Å². The summed E-state index contributed by atoms with van der Waals surface area (Å²) >= 11 is 0. The first-order chi connectivity index (χ1) is 12.1. The van der Waals surface area contributed by atoms with Crippen molar-refractivity contribution < 1.29 is 14.1 Å². The Hall–Kier alpha value is -2.40. The highest BCUT2D eigenvalue weighted by atomic mass is 19.1. The van der Waals surface area contributed by atoms with E-state index in [0.29, 0.717) is 12.1 Å². The SMILES string of the molecule is Cc1ccc(NC(=O)CC[NH+]2CCN(c3ccccc3F)CC2)cc1. The number of hydrogen-bond donors (Lipinski definition) is 2. The van der Waals surface area contributed by atoms with Crippen molar-refractivity contribution in [3.05, 3.63) is 59.9 Å². The average molecular weight is 342 g/mol. The molecule has 1 amide bonds. The number of anilines is 2. The Morgan fingerprint density at radius 2 is 1.80 bits per heavy atom. The van der Waals surface area contributed by atoms with Crippen molar-refractivity contribution in [2.75, 3.05) is 42.9 Å². The lowest BCUT2D eigenvalue weighted by Gasteiger charge is -2.33. The molecule has 2 N–H and O–H groups in total. The number of para-hydroxylation sites is 1. The summed E-state index contributed by atoms with van der Waals surface area (Å²) < 4.78 is 13.9. The van der Waals surface area contributed by atoms with Gasteiger partial charge in [-0.1, -0.05) is 29.8 Å². The molecule has 0 spiro atoms. The summed E-state index contributed by atoms with van der Waals surface area (Å²) in [6.07, 6.45) is 0.503. The minimum Gasteiger partial charge on any atom is -0.358 e. The van der Waals surface area contributed by atoms with Crippen LogP contribution in [-0.2, 0) is 4.79 Å². The van der Waals surface area contributed by atoms with Gasteiger partial charge in [-0.2, -0.15) is 0 Å². The first-order valence-electron chi connectivity index (χ1n) is 8.81. The maximum atomic E-state index is 13.9. The maximum absolute atomic E-state index is 13.9. The average Bonchev–Trinajstić information content (AvgIpc) is 2.63. The fourth-order valence-electron chi connectivity index (χ4n) is 3.17. The van der Waals surface area contributed by atoms with Crippen molar-refractivity contribution in [3.8, 4) is 0 Å². The van der Waals surface area contributed by atoms with Gasteiger partial charge in [0.05, 0.1) is 44.8 Å². The molecule has 0 saturated carbocycles. The Bertz CT molecular complexity index is 709. The van der Waals surface area contributed by atoms with Gasteiger partial charge in [-0.15, -0.1) is 0 Å². The predicted molar refractivity (Wildman–Crippen MR) is 98.6 cm³/mol. The normalized spacial score (nSPS) is 15.2. The number of nitrogens with zero attached hydrogens (tertiary/aromatic N) is 1. The van der Waals surface area contributed by atoms with Crippen LogP contribution in [0.5, 0.6) is 0 Å². The Balaban J connectivity index is 1.42. The number of halogens is 1. The van der Waals surface area contributed by atoms with Crippen LogP contribution in [0.3, 0.4) is 0 Å². The Labute approximate surface area is 148 Å². The third kappa shape index (κ3) is 4.79. The molecule has 0 unspecified atom stereocenters. The third-order valence-electron chi connectivity index (χ3n) is 4.70. The maximum Gasteiger partial charge on any atom is 0.230 e. The van der Waals surface area contributed by atoms with E-state index in [-0.39, 0.29) is 11.7 Å². The van der Waals surface area contributed by atoms with Crippen LogP contribution >= 0.6 is 0 Å². The summed E-state index contributed by atoms with van der Waals surface area (Å²) in [5.41, 5.74) is 2.70. The van der Waals surface area contributed by atoms with Crippen LogP contribution in [0.4, 0.5) is 15.8 Å². The van der Waals surface area contributed by atoms with Gasteiger partial charge >= 0.3 is 0 Å². The number of piperazine rings is 1. The number of hydrogen-bond acceptors (Lipinski definition) is 2. The van der Waals surface area contributed by atoms with Crippen molar-refractivity contribution >= 4 is 17.3 Å². The van der Waals surface area contributed by atoms with Crippen LogP contribution in [0.2, 0.25) is 0 Å². The quantitative estimate of drug-likeness (QED) is 0.870. The molecule has 1 saturated heterocycles. The van der Waals surface area contributed by atoms with E-state index < -0.39 is 0 Å². The van der Waals surface area contributed by atoms with Crippen LogP contribution in [0.1, 0.15) is 12.0 Å². The molecule has 2 aromatic carbocycles. The number of aryl methyl sites for hydroxylation is 1. The van der Waals surface area contributed by atoms with Crippen molar-refractivity contribution in [3.63, 3.8) is 0 Å². The lowest BCUT2D eigenvalue weighted by atomic mass is 10.2. The van der Waals surface area contributed by atoms with Gasteiger partial charge in [-0.05, 0) is 31.2 Å². The summed E-state index contributed by atoms with van der Waals surface area (Å²) in [5, 5.41) is 2.94. The smallest absolute Gasteiger partial charge is 0.230 e. The fraction of sp³-hybridized carbons (Fsp3) is 0.350. The molecule has 0 radical (unpaired) electrons. The molecule has 0 bridgehead atoms. The van der Waals surface area contributed by atoms with Crippen LogP contribution in [0.15, 0.2) is 48.5 Å². The minimum absolute atomic E-state index is 0.0490. The zero-order chi connectivity index (χ0) is 17.6. The number of nitrogens with one attached hydrogen (secondary N) is 2. The molecule has 2 aromatic rings. The number of quaternary nitrogens is 1. The van der Waals surface area contributed by atoms with Crippen LogP contribution in [0, 0.1) is 12.7 Å². The molecule has 1 fully saturated rings. The van der Waals surface area contributed by atoms with Crippen LogP contribution < -0.4 is 15.1 Å². The summed E-state index contributed by atoms with van der Waals surface area (Å²) in [6, 6.07) is 14.7. The molecule has 25 heavy (non-hydrogen) atoms. The number of amides is 1. The Kier molecular flexibility index (Phi) is 5.66. The molecule has 1 aliphatic rings. The second-order valence-corrected chi connectivity index (χ2v) is 6.60. The summed E-state index contributed by atoms with van der Waals surface area (Å²) in [5.74, 6) is -0.115. The molecule has 3 rings (SSSR count). The third-order valence-corrected chi connectivity index (χ3v) is 4.70. The molecule has 0 aliphatic carbocycles. The van der Waals surface area contributed by atoms with Gasteiger partial charge in [0.1, 0.15) is 5.82 Å². The lowest BCUT2D eigenvalue weighted by molar-refractivity contribution is -0.900. The van der Waals surface area contributed by atoms with E-state index >= 15 is 0 Å². The molecular weight excluding hydrogens is 317 g/mol. The van der Waals surface area contributed by atoms with Gasteiger partial charge in [-0.3, -0.25) is 4.79 Å². The molecule has 4 nitrogen and oxygen atoms in total. The van der Waals surface area contributed by atoms with Crippen molar-refractivity contribution in [2.45, 2.75) is 13.3 Å². The highest BCUT2D eigenvalue weighted by Gasteiger charge is 2.22. The topological polar surface area (TPSA) is 36.8 Å². The Morgan fingerprint density at radius 1 is 1.12 bits per heavy atom. The van der Waals surface area contributed by atoms with E-state index in [2.05, 4.69) is 10.2 Å². The number of rotatable bonds is 5. The summed E-state index contributed by atoms with van der Waals surface area (Å²) in [7, 11) is 0. The molecule has 5 heteroatoms. The Morgan fingerprint density at radius 3 is 2.48 bits per heavy atom. The van der Waals surface area contributed by atoms with Crippen molar-refractivity contribution in [1.82, 2.24) is 0 Å². The monoisotopic (exact) mass is 342 g/mol. The largest absolute Gasteiger partial charge is 0.358 e. The van der Waals surface area contributed by atoms with Gasteiger partial charge in [0.2, 0.25) is 5.91 Å². The number of carbonyl (C=O) groups is 1. The minimum atomic E-state index is -0.163. The molecule has 0 atom stereocenters.